The van der Waals surface area contributed by atoms with Crippen molar-refractivity contribution in [3.8, 4) is 0 Å². The second-order valence-corrected chi connectivity index (χ2v) is 14.6. The Morgan fingerprint density at radius 1 is 0.458 bits per heavy atom. The van der Waals surface area contributed by atoms with Crippen LogP contribution in [0.1, 0.15) is 101 Å². The van der Waals surface area contributed by atoms with Gasteiger partial charge in [-0.1, -0.05) is 0 Å². The molecule has 15 heteroatoms. The monoisotopic (exact) mass is 687 g/mol. The molecule has 1 rings (SSSR count). The van der Waals surface area contributed by atoms with E-state index in [-0.39, 0.29) is 58.7 Å². The van der Waals surface area contributed by atoms with Crippen molar-refractivity contribution in [2.45, 2.75) is 118 Å². The predicted octanol–water partition coefficient (Wildman–Crippen LogP) is 4.39. The summed E-state index contributed by atoms with van der Waals surface area (Å²) in [5.41, 5.74) is -1.91. The van der Waals surface area contributed by atoms with Gasteiger partial charge in [0.25, 0.3) is 0 Å². The van der Waals surface area contributed by atoms with Gasteiger partial charge < -0.3 is 44.4 Å². The molecule has 0 unspecified atom stereocenters. The predicted molar refractivity (Wildman–Crippen MR) is 174 cm³/mol. The van der Waals surface area contributed by atoms with E-state index in [0.29, 0.717) is 19.3 Å². The maximum atomic E-state index is 13.0. The zero-order valence-electron chi connectivity index (χ0n) is 30.1. The summed E-state index contributed by atoms with van der Waals surface area (Å²) >= 11 is 0. The molecule has 0 aromatic rings. The zero-order chi connectivity index (χ0) is 36.5. The van der Waals surface area contributed by atoms with E-state index in [2.05, 4.69) is 16.0 Å². The number of rotatable bonds is 15. The highest BCUT2D eigenvalue weighted by molar-refractivity contribution is 5.80. The smallest absolute Gasteiger partial charge is 0.407 e. The Hall–Kier alpha value is -3.78. The van der Waals surface area contributed by atoms with Gasteiger partial charge in [-0.05, 0) is 101 Å². The van der Waals surface area contributed by atoms with Crippen LogP contribution in [0.5, 0.6) is 0 Å². The fourth-order valence-electron chi connectivity index (χ4n) is 4.50. The van der Waals surface area contributed by atoms with E-state index in [1.807, 2.05) is 0 Å². The van der Waals surface area contributed by atoms with Crippen molar-refractivity contribution in [2.75, 3.05) is 39.5 Å². The molecule has 0 aliphatic heterocycles. The van der Waals surface area contributed by atoms with Crippen LogP contribution in [0.4, 0.5) is 14.4 Å². The second kappa shape index (κ2) is 19.9. The number of hydrogen-bond acceptors (Lipinski definition) is 12. The minimum absolute atomic E-state index is 0.0185. The van der Waals surface area contributed by atoms with Crippen LogP contribution in [-0.2, 0) is 42.8 Å². The Morgan fingerprint density at radius 2 is 0.688 bits per heavy atom. The van der Waals surface area contributed by atoms with E-state index >= 15 is 0 Å². The first-order chi connectivity index (χ1) is 22.1. The average molecular weight is 688 g/mol. The van der Waals surface area contributed by atoms with Crippen LogP contribution < -0.4 is 16.0 Å². The third kappa shape index (κ3) is 20.5. The lowest BCUT2D eigenvalue weighted by Crippen LogP contribution is -2.38. The van der Waals surface area contributed by atoms with E-state index in [1.165, 1.54) is 0 Å². The molecular weight excluding hydrogens is 630 g/mol. The van der Waals surface area contributed by atoms with Crippen molar-refractivity contribution in [1.82, 2.24) is 16.0 Å². The number of nitrogens with one attached hydrogen (secondary N) is 3. The Balaban J connectivity index is 2.67. The van der Waals surface area contributed by atoms with Gasteiger partial charge in [-0.3, -0.25) is 14.4 Å². The Labute approximate surface area is 284 Å². The first-order valence-electron chi connectivity index (χ1n) is 16.6. The van der Waals surface area contributed by atoms with Crippen molar-refractivity contribution < 1.29 is 57.2 Å². The van der Waals surface area contributed by atoms with Crippen LogP contribution in [0.2, 0.25) is 0 Å². The minimum Gasteiger partial charge on any atom is -0.465 e. The first kappa shape index (κ1) is 42.2. The number of esters is 3. The normalized spacial score (nSPS) is 18.1. The second-order valence-electron chi connectivity index (χ2n) is 14.6. The lowest BCUT2D eigenvalue weighted by atomic mass is 9.75. The van der Waals surface area contributed by atoms with Gasteiger partial charge in [0.1, 0.15) is 16.8 Å². The largest absolute Gasteiger partial charge is 0.465 e. The molecule has 15 nitrogen and oxygen atoms in total. The van der Waals surface area contributed by atoms with Gasteiger partial charge in [0.2, 0.25) is 0 Å². The highest BCUT2D eigenvalue weighted by Gasteiger charge is 2.41. The van der Waals surface area contributed by atoms with Crippen molar-refractivity contribution in [3.05, 3.63) is 0 Å². The van der Waals surface area contributed by atoms with E-state index in [9.17, 15) is 28.8 Å². The Bertz CT molecular complexity index is 936. The zero-order valence-corrected chi connectivity index (χ0v) is 30.1. The quantitative estimate of drug-likeness (QED) is 0.125. The highest BCUT2D eigenvalue weighted by atomic mass is 16.6. The minimum atomic E-state index is -0.754. The summed E-state index contributed by atoms with van der Waals surface area (Å²) in [5, 5.41) is 7.77. The maximum Gasteiger partial charge on any atom is 0.407 e. The highest BCUT2D eigenvalue weighted by Crippen LogP contribution is 2.36. The van der Waals surface area contributed by atoms with Gasteiger partial charge in [-0.2, -0.15) is 0 Å². The van der Waals surface area contributed by atoms with E-state index < -0.39 is 70.7 Å². The standard InChI is InChI=1S/C33H57N3O12/c1-31(2,3)46-28(40)34-13-10-16-43-25(37)22-19-23(26(38)44-17-11-14-35-29(41)47-32(4,5)6)21-24(20-22)27(39)45-18-12-15-36-30(42)48-33(7,8)9/h22-24H,10-21H2,1-9H3,(H,34,40)(H,35,41)(H,36,42). The third-order valence-electron chi connectivity index (χ3n) is 6.41. The van der Waals surface area contributed by atoms with Crippen LogP contribution in [0, 0.1) is 17.8 Å². The molecule has 3 N–H and O–H groups in total. The van der Waals surface area contributed by atoms with Gasteiger partial charge in [0.05, 0.1) is 37.6 Å². The van der Waals surface area contributed by atoms with E-state index in [1.54, 1.807) is 62.3 Å². The lowest BCUT2D eigenvalue weighted by Gasteiger charge is -2.31. The number of alkyl carbamates (subject to hydrolysis) is 3. The van der Waals surface area contributed by atoms with Gasteiger partial charge in [-0.15, -0.1) is 0 Å². The summed E-state index contributed by atoms with van der Waals surface area (Å²) in [7, 11) is 0. The molecule has 276 valence electrons. The van der Waals surface area contributed by atoms with Crippen LogP contribution in [0.25, 0.3) is 0 Å². The number of amides is 3. The molecule has 1 saturated carbocycles. The molecule has 0 aromatic heterocycles. The molecule has 1 fully saturated rings. The Kier molecular flexibility index (Phi) is 17.5. The molecule has 0 radical (unpaired) electrons. The van der Waals surface area contributed by atoms with Gasteiger partial charge >= 0.3 is 36.2 Å². The SMILES string of the molecule is CC(C)(C)OC(=O)NCCCOC(=O)C1CC(C(=O)OCCCNC(=O)OC(C)(C)C)CC(C(=O)OCCCNC(=O)OC(C)(C)C)C1. The van der Waals surface area contributed by atoms with Crippen molar-refractivity contribution >= 4 is 36.2 Å². The molecule has 0 heterocycles. The number of carbonyl (C=O) groups is 6. The van der Waals surface area contributed by atoms with Crippen LogP contribution in [0.3, 0.4) is 0 Å². The fraction of sp³-hybridized carbons (Fsp3) is 0.818. The van der Waals surface area contributed by atoms with Gasteiger partial charge in [0, 0.05) is 19.6 Å². The van der Waals surface area contributed by atoms with Crippen molar-refractivity contribution in [2.24, 2.45) is 17.8 Å². The summed E-state index contributed by atoms with van der Waals surface area (Å²) in [6.45, 7) is 16.5. The molecular formula is C33H57N3O12. The van der Waals surface area contributed by atoms with Crippen LogP contribution >= 0.6 is 0 Å². The van der Waals surface area contributed by atoms with Crippen molar-refractivity contribution in [3.63, 3.8) is 0 Å². The third-order valence-corrected chi connectivity index (χ3v) is 6.41. The first-order valence-corrected chi connectivity index (χ1v) is 16.6. The molecule has 0 aromatic carbocycles. The molecule has 3 amide bonds. The van der Waals surface area contributed by atoms with Crippen molar-refractivity contribution in [1.29, 1.82) is 0 Å². The number of ether oxygens (including phenoxy) is 6. The topological polar surface area (TPSA) is 194 Å². The number of hydrogen-bond donors (Lipinski definition) is 3. The van der Waals surface area contributed by atoms with E-state index in [0.717, 1.165) is 0 Å². The molecule has 48 heavy (non-hydrogen) atoms. The van der Waals surface area contributed by atoms with Gasteiger partial charge in [-0.25, -0.2) is 14.4 Å². The summed E-state index contributed by atoms with van der Waals surface area (Å²) in [4.78, 5) is 74.4. The van der Waals surface area contributed by atoms with Crippen LogP contribution in [-0.4, -0.2) is 92.4 Å². The molecule has 0 bridgehead atoms. The summed E-state index contributed by atoms with van der Waals surface area (Å²) in [6, 6.07) is 0. The van der Waals surface area contributed by atoms with Gasteiger partial charge in [0.15, 0.2) is 0 Å². The average Bonchev–Trinajstić information content (AvgIpc) is 2.93. The van der Waals surface area contributed by atoms with Crippen LogP contribution in [0.15, 0.2) is 0 Å². The lowest BCUT2D eigenvalue weighted by molar-refractivity contribution is -0.161. The maximum absolute atomic E-state index is 13.0. The fourth-order valence-corrected chi connectivity index (χ4v) is 4.50. The Morgan fingerprint density at radius 3 is 0.896 bits per heavy atom. The van der Waals surface area contributed by atoms with E-state index in [4.69, 9.17) is 28.4 Å². The molecule has 1 aliphatic carbocycles. The molecule has 0 spiro atoms. The molecule has 1 aliphatic rings. The molecule has 0 saturated heterocycles. The molecule has 0 atom stereocenters. The summed E-state index contributed by atoms with van der Waals surface area (Å²) in [5.74, 6) is -3.96. The summed E-state index contributed by atoms with van der Waals surface area (Å²) < 4.78 is 31.8. The summed E-state index contributed by atoms with van der Waals surface area (Å²) in [6.07, 6.45) is -0.329. The number of carbonyl (C=O) groups excluding carboxylic acids is 6.